The summed E-state index contributed by atoms with van der Waals surface area (Å²) in [4.78, 5) is 0. The van der Waals surface area contributed by atoms with Crippen molar-refractivity contribution < 1.29 is 0 Å². The second-order valence-electron chi connectivity index (χ2n) is 2.86. The van der Waals surface area contributed by atoms with E-state index in [0.717, 1.165) is 11.3 Å². The van der Waals surface area contributed by atoms with Gasteiger partial charge in [0.2, 0.25) is 0 Å². The van der Waals surface area contributed by atoms with E-state index in [1.54, 1.807) is 4.68 Å². The van der Waals surface area contributed by atoms with Gasteiger partial charge in [-0.25, -0.2) is 5.43 Å². The fourth-order valence-electron chi connectivity index (χ4n) is 1.07. The van der Waals surface area contributed by atoms with Crippen molar-refractivity contribution in [3.05, 3.63) is 30.1 Å². The van der Waals surface area contributed by atoms with Gasteiger partial charge in [-0.3, -0.25) is 10.5 Å². The van der Waals surface area contributed by atoms with Crippen LogP contribution < -0.4 is 11.3 Å². The van der Waals surface area contributed by atoms with Gasteiger partial charge in [-0.05, 0) is 13.0 Å². The molecular formula is C8H14N4. The second-order valence-corrected chi connectivity index (χ2v) is 2.86. The van der Waals surface area contributed by atoms with Gasteiger partial charge in [0, 0.05) is 13.2 Å². The molecule has 4 heteroatoms. The lowest BCUT2D eigenvalue weighted by Crippen LogP contribution is -2.28. The van der Waals surface area contributed by atoms with Gasteiger partial charge in [-0.15, -0.1) is 0 Å². The molecule has 0 fully saturated rings. The number of nitrogens with two attached hydrogens (primary N) is 1. The summed E-state index contributed by atoms with van der Waals surface area (Å²) in [5, 5.41) is 4.22. The van der Waals surface area contributed by atoms with Crippen molar-refractivity contribution in [2.75, 3.05) is 0 Å². The molecule has 1 aromatic heterocycles. The van der Waals surface area contributed by atoms with Gasteiger partial charge < -0.3 is 0 Å². The number of nitrogens with one attached hydrogen (secondary N) is 1. The Balaban J connectivity index is 2.87. The molecule has 0 aliphatic carbocycles. The molecule has 1 aromatic rings. The Hall–Kier alpha value is -1.13. The molecular weight excluding hydrogens is 152 g/mol. The van der Waals surface area contributed by atoms with Gasteiger partial charge in [-0.1, -0.05) is 12.2 Å². The van der Waals surface area contributed by atoms with Crippen LogP contribution in [0.5, 0.6) is 0 Å². The summed E-state index contributed by atoms with van der Waals surface area (Å²) in [6, 6.07) is 1.87. The zero-order chi connectivity index (χ0) is 9.14. The molecule has 0 saturated carbocycles. The first-order chi connectivity index (χ1) is 5.65. The van der Waals surface area contributed by atoms with Crippen LogP contribution in [-0.4, -0.2) is 9.78 Å². The van der Waals surface area contributed by atoms with Gasteiger partial charge in [0.05, 0.1) is 11.7 Å². The average molecular weight is 166 g/mol. The summed E-state index contributed by atoms with van der Waals surface area (Å²) in [7, 11) is 1.87. The average Bonchev–Trinajstić information content (AvgIpc) is 2.37. The van der Waals surface area contributed by atoms with Crippen molar-refractivity contribution in [2.24, 2.45) is 12.9 Å². The summed E-state index contributed by atoms with van der Waals surface area (Å²) in [6.45, 7) is 5.74. The molecule has 0 saturated heterocycles. The molecule has 0 radical (unpaired) electrons. The summed E-state index contributed by atoms with van der Waals surface area (Å²) < 4.78 is 1.74. The highest BCUT2D eigenvalue weighted by Gasteiger charge is 2.11. The fraction of sp³-hybridized carbons (Fsp3) is 0.375. The fourth-order valence-corrected chi connectivity index (χ4v) is 1.07. The van der Waals surface area contributed by atoms with Gasteiger partial charge in [0.25, 0.3) is 0 Å². The number of hydrogen-bond donors (Lipinski definition) is 2. The van der Waals surface area contributed by atoms with Crippen LogP contribution in [0.3, 0.4) is 0 Å². The lowest BCUT2D eigenvalue weighted by molar-refractivity contribution is 0.595. The highest BCUT2D eigenvalue weighted by atomic mass is 15.3. The van der Waals surface area contributed by atoms with Crippen molar-refractivity contribution in [1.82, 2.24) is 15.2 Å². The summed E-state index contributed by atoms with van der Waals surface area (Å²) >= 11 is 0. The molecule has 0 aromatic carbocycles. The van der Waals surface area contributed by atoms with Gasteiger partial charge in [0.1, 0.15) is 0 Å². The number of hydrazine groups is 1. The number of hydrogen-bond acceptors (Lipinski definition) is 3. The first kappa shape index (κ1) is 8.96. The summed E-state index contributed by atoms with van der Waals surface area (Å²) in [5.41, 5.74) is 4.51. The van der Waals surface area contributed by atoms with Gasteiger partial charge >= 0.3 is 0 Å². The third-order valence-electron chi connectivity index (χ3n) is 1.69. The Morgan fingerprint density at radius 1 is 1.83 bits per heavy atom. The number of aryl methyl sites for hydroxylation is 1. The van der Waals surface area contributed by atoms with Crippen LogP contribution in [0.2, 0.25) is 0 Å². The van der Waals surface area contributed by atoms with Crippen LogP contribution in [0.25, 0.3) is 0 Å². The number of aromatic nitrogens is 2. The minimum atomic E-state index is -0.0498. The van der Waals surface area contributed by atoms with E-state index in [4.69, 9.17) is 5.84 Å². The minimum absolute atomic E-state index is 0.0498. The normalized spacial score (nSPS) is 12.9. The van der Waals surface area contributed by atoms with Crippen LogP contribution >= 0.6 is 0 Å². The molecule has 1 rings (SSSR count). The van der Waals surface area contributed by atoms with Crippen molar-refractivity contribution >= 4 is 0 Å². The molecule has 0 spiro atoms. The quantitative estimate of drug-likeness (QED) is 0.390. The van der Waals surface area contributed by atoms with E-state index in [2.05, 4.69) is 17.1 Å². The van der Waals surface area contributed by atoms with E-state index < -0.39 is 0 Å². The van der Waals surface area contributed by atoms with Crippen LogP contribution in [-0.2, 0) is 7.05 Å². The summed E-state index contributed by atoms with van der Waals surface area (Å²) in [5.74, 6) is 5.35. The maximum Gasteiger partial charge on any atom is 0.0854 e. The molecule has 1 heterocycles. The molecule has 0 amide bonds. The molecule has 0 aliphatic rings. The molecule has 0 bridgehead atoms. The zero-order valence-corrected chi connectivity index (χ0v) is 7.41. The smallest absolute Gasteiger partial charge is 0.0854 e. The van der Waals surface area contributed by atoms with Gasteiger partial charge in [-0.2, -0.15) is 5.10 Å². The molecule has 66 valence electrons. The van der Waals surface area contributed by atoms with E-state index in [9.17, 15) is 0 Å². The Morgan fingerprint density at radius 2 is 2.50 bits per heavy atom. The maximum absolute atomic E-state index is 5.35. The van der Waals surface area contributed by atoms with E-state index >= 15 is 0 Å². The topological polar surface area (TPSA) is 55.9 Å². The van der Waals surface area contributed by atoms with Crippen LogP contribution in [0.4, 0.5) is 0 Å². The molecule has 3 N–H and O–H groups in total. The van der Waals surface area contributed by atoms with E-state index in [-0.39, 0.29) is 6.04 Å². The Morgan fingerprint density at radius 3 is 2.83 bits per heavy atom. The first-order valence-electron chi connectivity index (χ1n) is 3.76. The standard InChI is InChI=1S/C8H14N4/c1-6(2)8(10-9)7-4-5-12(3)11-7/h4-5,8,10H,1,9H2,2-3H3. The molecule has 4 nitrogen and oxygen atoms in total. The molecule has 1 unspecified atom stereocenters. The Bertz CT molecular complexity index is 276. The first-order valence-corrected chi connectivity index (χ1v) is 3.76. The monoisotopic (exact) mass is 166 g/mol. The Labute approximate surface area is 72.0 Å². The second kappa shape index (κ2) is 3.51. The van der Waals surface area contributed by atoms with E-state index in [0.29, 0.717) is 0 Å². The Kier molecular flexibility index (Phi) is 2.62. The van der Waals surface area contributed by atoms with E-state index in [1.807, 2.05) is 26.2 Å². The predicted octanol–water partition coefficient (Wildman–Crippen LogP) is 0.501. The van der Waals surface area contributed by atoms with Gasteiger partial charge in [0.15, 0.2) is 0 Å². The van der Waals surface area contributed by atoms with E-state index in [1.165, 1.54) is 0 Å². The molecule has 12 heavy (non-hydrogen) atoms. The van der Waals surface area contributed by atoms with Crippen molar-refractivity contribution in [3.63, 3.8) is 0 Å². The third kappa shape index (κ3) is 1.72. The highest BCUT2D eigenvalue weighted by molar-refractivity contribution is 5.16. The van der Waals surface area contributed by atoms with Crippen LogP contribution in [0, 0.1) is 0 Å². The number of rotatable bonds is 3. The SMILES string of the molecule is C=C(C)C(NN)c1ccn(C)n1. The third-order valence-corrected chi connectivity index (χ3v) is 1.69. The van der Waals surface area contributed by atoms with Crippen molar-refractivity contribution in [2.45, 2.75) is 13.0 Å². The molecule has 0 aliphatic heterocycles. The van der Waals surface area contributed by atoms with Crippen LogP contribution in [0.15, 0.2) is 24.4 Å². The maximum atomic E-state index is 5.35. The lowest BCUT2D eigenvalue weighted by Gasteiger charge is -2.12. The van der Waals surface area contributed by atoms with Crippen molar-refractivity contribution in [3.8, 4) is 0 Å². The zero-order valence-electron chi connectivity index (χ0n) is 7.41. The molecule has 1 atom stereocenters. The minimum Gasteiger partial charge on any atom is -0.275 e. The predicted molar refractivity (Wildman–Crippen MR) is 48.1 cm³/mol. The lowest BCUT2D eigenvalue weighted by atomic mass is 10.1. The van der Waals surface area contributed by atoms with Crippen molar-refractivity contribution in [1.29, 1.82) is 0 Å². The summed E-state index contributed by atoms with van der Waals surface area (Å²) in [6.07, 6.45) is 1.88. The highest BCUT2D eigenvalue weighted by Crippen LogP contribution is 2.15. The largest absolute Gasteiger partial charge is 0.275 e. The van der Waals surface area contributed by atoms with Crippen LogP contribution in [0.1, 0.15) is 18.7 Å². The number of nitrogens with zero attached hydrogens (tertiary/aromatic N) is 2.